The highest BCUT2D eigenvalue weighted by molar-refractivity contribution is 7.99. The summed E-state index contributed by atoms with van der Waals surface area (Å²) in [7, 11) is 0. The lowest BCUT2D eigenvalue weighted by Crippen LogP contribution is -2.51. The van der Waals surface area contributed by atoms with E-state index in [4.69, 9.17) is 4.74 Å². The molecule has 7 heteroatoms. The molecule has 1 amide bonds. The van der Waals surface area contributed by atoms with Crippen molar-refractivity contribution in [1.29, 1.82) is 0 Å². The molecule has 138 valence electrons. The topological polar surface area (TPSA) is 64.4 Å². The maximum absolute atomic E-state index is 12.9. The van der Waals surface area contributed by atoms with Gasteiger partial charge in [-0.05, 0) is 51.1 Å². The van der Waals surface area contributed by atoms with Gasteiger partial charge in [-0.2, -0.15) is 16.9 Å². The van der Waals surface area contributed by atoms with Crippen molar-refractivity contribution < 1.29 is 14.3 Å². The Morgan fingerprint density at radius 3 is 2.62 bits per heavy atom. The Hall–Kier alpha value is -2.28. The zero-order valence-corrected chi connectivity index (χ0v) is 16.1. The van der Waals surface area contributed by atoms with Gasteiger partial charge in [-0.1, -0.05) is 0 Å². The first-order valence-electron chi connectivity index (χ1n) is 8.70. The van der Waals surface area contributed by atoms with Crippen molar-refractivity contribution in [2.75, 3.05) is 24.7 Å². The monoisotopic (exact) mass is 373 g/mol. The van der Waals surface area contributed by atoms with Crippen LogP contribution in [0.25, 0.3) is 5.69 Å². The van der Waals surface area contributed by atoms with E-state index in [-0.39, 0.29) is 11.9 Å². The minimum absolute atomic E-state index is 0.136. The summed E-state index contributed by atoms with van der Waals surface area (Å²) in [6.45, 7) is 6.59. The molecule has 1 saturated heterocycles. The van der Waals surface area contributed by atoms with Gasteiger partial charge in [0.1, 0.15) is 6.04 Å². The number of hydrogen-bond acceptors (Lipinski definition) is 5. The number of rotatable bonds is 4. The van der Waals surface area contributed by atoms with E-state index in [1.165, 1.54) is 0 Å². The van der Waals surface area contributed by atoms with E-state index in [9.17, 15) is 9.59 Å². The number of aromatic nitrogens is 2. The van der Waals surface area contributed by atoms with Crippen LogP contribution in [0.2, 0.25) is 0 Å². The highest BCUT2D eigenvalue weighted by Crippen LogP contribution is 2.21. The van der Waals surface area contributed by atoms with Crippen LogP contribution >= 0.6 is 11.8 Å². The third-order valence-electron chi connectivity index (χ3n) is 4.32. The van der Waals surface area contributed by atoms with Crippen LogP contribution in [-0.4, -0.2) is 57.3 Å². The summed E-state index contributed by atoms with van der Waals surface area (Å²) in [4.78, 5) is 26.7. The summed E-state index contributed by atoms with van der Waals surface area (Å²) in [5.74, 6) is 0.940. The molecule has 2 heterocycles. The molecule has 0 N–H and O–H groups in total. The number of benzene rings is 1. The maximum Gasteiger partial charge on any atom is 0.329 e. The average molecular weight is 373 g/mol. The minimum Gasteiger partial charge on any atom is -0.464 e. The van der Waals surface area contributed by atoms with E-state index < -0.39 is 6.04 Å². The van der Waals surface area contributed by atoms with Crippen LogP contribution in [0.3, 0.4) is 0 Å². The lowest BCUT2D eigenvalue weighted by atomic mass is 10.1. The fourth-order valence-electron chi connectivity index (χ4n) is 3.08. The Balaban J connectivity index is 1.80. The number of hydrogen-bond donors (Lipinski definition) is 0. The largest absolute Gasteiger partial charge is 0.464 e. The molecule has 0 saturated carbocycles. The lowest BCUT2D eigenvalue weighted by Gasteiger charge is -2.33. The molecule has 0 aliphatic carbocycles. The molecule has 0 radical (unpaired) electrons. The normalized spacial score (nSPS) is 17.2. The van der Waals surface area contributed by atoms with Crippen LogP contribution < -0.4 is 0 Å². The van der Waals surface area contributed by atoms with Gasteiger partial charge in [0.2, 0.25) is 0 Å². The molecule has 1 atom stereocenters. The van der Waals surface area contributed by atoms with Gasteiger partial charge in [0.15, 0.2) is 0 Å². The molecular weight excluding hydrogens is 350 g/mol. The molecule has 2 aromatic rings. The summed E-state index contributed by atoms with van der Waals surface area (Å²) >= 11 is 1.67. The van der Waals surface area contributed by atoms with E-state index >= 15 is 0 Å². The Morgan fingerprint density at radius 1 is 1.27 bits per heavy atom. The predicted octanol–water partition coefficient (Wildman–Crippen LogP) is 2.61. The number of amides is 1. The average Bonchev–Trinajstić information content (AvgIpc) is 2.99. The second-order valence-electron chi connectivity index (χ2n) is 6.23. The van der Waals surface area contributed by atoms with E-state index in [0.717, 1.165) is 22.8 Å². The van der Waals surface area contributed by atoms with Crippen LogP contribution in [0.15, 0.2) is 30.3 Å². The van der Waals surface area contributed by atoms with Gasteiger partial charge < -0.3 is 9.64 Å². The van der Waals surface area contributed by atoms with Gasteiger partial charge in [-0.25, -0.2) is 9.48 Å². The van der Waals surface area contributed by atoms with Crippen molar-refractivity contribution in [3.63, 3.8) is 0 Å². The number of carbonyl (C=O) groups excluding carboxylic acids is 2. The minimum atomic E-state index is -0.517. The fourth-order valence-corrected chi connectivity index (χ4v) is 4.11. The fraction of sp³-hybridized carbons (Fsp3) is 0.421. The summed E-state index contributed by atoms with van der Waals surface area (Å²) in [5, 5.41) is 4.46. The highest BCUT2D eigenvalue weighted by atomic mass is 32.2. The first kappa shape index (κ1) is 18.5. The molecule has 3 rings (SSSR count). The van der Waals surface area contributed by atoms with Gasteiger partial charge in [0, 0.05) is 29.3 Å². The third kappa shape index (κ3) is 3.77. The molecule has 1 aromatic heterocycles. The molecule has 0 unspecified atom stereocenters. The Kier molecular flexibility index (Phi) is 5.66. The van der Waals surface area contributed by atoms with E-state index in [1.54, 1.807) is 35.7 Å². The molecule has 1 aromatic carbocycles. The molecule has 0 spiro atoms. The van der Waals surface area contributed by atoms with Crippen molar-refractivity contribution in [3.8, 4) is 5.69 Å². The summed E-state index contributed by atoms with van der Waals surface area (Å²) in [6.07, 6.45) is 0. The molecular formula is C19H23N3O3S. The van der Waals surface area contributed by atoms with E-state index in [2.05, 4.69) is 5.10 Å². The predicted molar refractivity (Wildman–Crippen MR) is 102 cm³/mol. The van der Waals surface area contributed by atoms with E-state index in [1.807, 2.05) is 36.7 Å². The SMILES string of the molecule is CCOC(=O)[C@H]1CSCCN1C(=O)c1ccc(-n2nc(C)cc2C)cc1. The highest BCUT2D eigenvalue weighted by Gasteiger charge is 2.34. The van der Waals surface area contributed by atoms with Crippen molar-refractivity contribution >= 4 is 23.6 Å². The number of carbonyl (C=O) groups is 2. The van der Waals surface area contributed by atoms with Crippen LogP contribution in [0.4, 0.5) is 0 Å². The van der Waals surface area contributed by atoms with Gasteiger partial charge in [-0.15, -0.1) is 0 Å². The second kappa shape index (κ2) is 7.95. The molecule has 1 aliphatic rings. The summed E-state index contributed by atoms with van der Waals surface area (Å²) in [6, 6.07) is 8.83. The molecule has 26 heavy (non-hydrogen) atoms. The number of thioether (sulfide) groups is 1. The number of ether oxygens (including phenoxy) is 1. The van der Waals surface area contributed by atoms with Crippen molar-refractivity contribution in [2.45, 2.75) is 26.8 Å². The molecule has 1 fully saturated rings. The standard InChI is InChI=1S/C19H23N3O3S/c1-4-25-19(24)17-12-26-10-9-21(17)18(23)15-5-7-16(8-6-15)22-14(3)11-13(2)20-22/h5-8,11,17H,4,9-10,12H2,1-3H3/t17-/m1/s1. The summed E-state index contributed by atoms with van der Waals surface area (Å²) in [5.41, 5.74) is 3.46. The van der Waals surface area contributed by atoms with Crippen molar-refractivity contribution in [2.24, 2.45) is 0 Å². The summed E-state index contributed by atoms with van der Waals surface area (Å²) < 4.78 is 6.98. The Labute approximate surface area is 157 Å². The molecule has 0 bridgehead atoms. The van der Waals surface area contributed by atoms with Crippen LogP contribution in [-0.2, 0) is 9.53 Å². The first-order valence-corrected chi connectivity index (χ1v) is 9.85. The van der Waals surface area contributed by atoms with Gasteiger partial charge in [0.05, 0.1) is 18.0 Å². The van der Waals surface area contributed by atoms with Crippen molar-refractivity contribution in [1.82, 2.24) is 14.7 Å². The number of esters is 1. The zero-order valence-electron chi connectivity index (χ0n) is 15.3. The van der Waals surface area contributed by atoms with Crippen LogP contribution in [0, 0.1) is 13.8 Å². The number of nitrogens with zero attached hydrogens (tertiary/aromatic N) is 3. The van der Waals surface area contributed by atoms with Crippen molar-refractivity contribution in [3.05, 3.63) is 47.3 Å². The lowest BCUT2D eigenvalue weighted by molar-refractivity contribution is -0.147. The van der Waals surface area contributed by atoms with Gasteiger partial charge >= 0.3 is 5.97 Å². The Morgan fingerprint density at radius 2 is 2.00 bits per heavy atom. The quantitative estimate of drug-likeness (QED) is 0.771. The van der Waals surface area contributed by atoms with Gasteiger partial charge in [0.25, 0.3) is 5.91 Å². The third-order valence-corrected chi connectivity index (χ3v) is 5.34. The maximum atomic E-state index is 12.9. The molecule has 6 nitrogen and oxygen atoms in total. The van der Waals surface area contributed by atoms with Crippen LogP contribution in [0.1, 0.15) is 28.7 Å². The van der Waals surface area contributed by atoms with E-state index in [0.29, 0.717) is 24.5 Å². The van der Waals surface area contributed by atoms with Crippen LogP contribution in [0.5, 0.6) is 0 Å². The number of aryl methyl sites for hydroxylation is 2. The first-order chi connectivity index (χ1) is 12.5. The van der Waals surface area contributed by atoms with Gasteiger partial charge in [-0.3, -0.25) is 4.79 Å². The Bertz CT molecular complexity index is 801. The second-order valence-corrected chi connectivity index (χ2v) is 7.38. The smallest absolute Gasteiger partial charge is 0.329 e. The molecule has 1 aliphatic heterocycles. The zero-order chi connectivity index (χ0) is 18.7.